The summed E-state index contributed by atoms with van der Waals surface area (Å²) in [6.07, 6.45) is -3.10. The van der Waals surface area contributed by atoms with E-state index < -0.39 is 35.4 Å². The third kappa shape index (κ3) is 5.30. The van der Waals surface area contributed by atoms with Gasteiger partial charge < -0.3 is 4.74 Å². The first kappa shape index (κ1) is 21.9. The number of unbranched alkanes of at least 4 members (excludes halogenated alkanes) is 2. The lowest BCUT2D eigenvalue weighted by molar-refractivity contribution is -0.198. The molecule has 1 unspecified atom stereocenters. The first-order valence-electron chi connectivity index (χ1n) is 9.00. The molecule has 0 aliphatic heterocycles. The normalized spacial score (nSPS) is 12.7. The average molecular weight is 400 g/mol. The molecule has 1 atom stereocenters. The zero-order valence-electron chi connectivity index (χ0n) is 15.6. The van der Waals surface area contributed by atoms with Crippen molar-refractivity contribution in [1.82, 2.24) is 0 Å². The summed E-state index contributed by atoms with van der Waals surface area (Å²) >= 11 is 0. The first-order chi connectivity index (χ1) is 13.1. The van der Waals surface area contributed by atoms with Gasteiger partial charge in [-0.05, 0) is 37.0 Å². The standard InChI is InChI=1S/C21H21F5O2/c1-3-4-5-6-14-7-9-15(10-8-14)16-11-12-17(19(23)18(16)22)20(27)28-13(2)21(24,25)26/h7-13H,3-6H2,1-2H3. The highest BCUT2D eigenvalue weighted by molar-refractivity contribution is 5.90. The maximum absolute atomic E-state index is 14.4. The van der Waals surface area contributed by atoms with Crippen molar-refractivity contribution in [2.24, 2.45) is 0 Å². The predicted molar refractivity (Wildman–Crippen MR) is 96.0 cm³/mol. The number of benzene rings is 2. The van der Waals surface area contributed by atoms with Crippen LogP contribution in [0, 0.1) is 11.6 Å². The lowest BCUT2D eigenvalue weighted by Gasteiger charge is -2.17. The van der Waals surface area contributed by atoms with Crippen molar-refractivity contribution in [2.75, 3.05) is 0 Å². The Labute approximate surface area is 160 Å². The first-order valence-corrected chi connectivity index (χ1v) is 9.00. The van der Waals surface area contributed by atoms with Crippen LogP contribution in [0.1, 0.15) is 49.0 Å². The van der Waals surface area contributed by atoms with Crippen LogP contribution in [-0.2, 0) is 11.2 Å². The Morgan fingerprint density at radius 1 is 1.00 bits per heavy atom. The Morgan fingerprint density at radius 2 is 1.64 bits per heavy atom. The van der Waals surface area contributed by atoms with Crippen LogP contribution in [0.25, 0.3) is 11.1 Å². The topological polar surface area (TPSA) is 26.3 Å². The molecule has 0 amide bonds. The Balaban J connectivity index is 2.20. The molecule has 0 N–H and O–H groups in total. The lowest BCUT2D eigenvalue weighted by atomic mass is 9.99. The zero-order valence-corrected chi connectivity index (χ0v) is 15.6. The van der Waals surface area contributed by atoms with E-state index in [1.54, 1.807) is 12.1 Å². The molecule has 2 aromatic carbocycles. The number of hydrogen-bond donors (Lipinski definition) is 0. The van der Waals surface area contributed by atoms with Crippen molar-refractivity contribution in [3.05, 3.63) is 59.2 Å². The van der Waals surface area contributed by atoms with Gasteiger partial charge in [-0.25, -0.2) is 13.6 Å². The highest BCUT2D eigenvalue weighted by atomic mass is 19.4. The maximum Gasteiger partial charge on any atom is 0.425 e. The monoisotopic (exact) mass is 400 g/mol. The minimum Gasteiger partial charge on any atom is -0.449 e. The number of esters is 1. The summed E-state index contributed by atoms with van der Waals surface area (Å²) < 4.78 is 70.3. The predicted octanol–water partition coefficient (Wildman–Crippen LogP) is 6.47. The van der Waals surface area contributed by atoms with Gasteiger partial charge in [-0.15, -0.1) is 0 Å². The van der Waals surface area contributed by atoms with E-state index in [2.05, 4.69) is 11.7 Å². The van der Waals surface area contributed by atoms with Gasteiger partial charge in [0.1, 0.15) is 0 Å². The van der Waals surface area contributed by atoms with Gasteiger partial charge in [-0.2, -0.15) is 13.2 Å². The molecule has 0 radical (unpaired) electrons. The molecule has 2 rings (SSSR count). The van der Waals surface area contributed by atoms with Crippen LogP contribution >= 0.6 is 0 Å². The molecule has 152 valence electrons. The fourth-order valence-corrected chi connectivity index (χ4v) is 2.65. The van der Waals surface area contributed by atoms with Crippen molar-refractivity contribution in [3.63, 3.8) is 0 Å². The van der Waals surface area contributed by atoms with Gasteiger partial charge in [0.2, 0.25) is 0 Å². The van der Waals surface area contributed by atoms with Crippen molar-refractivity contribution < 1.29 is 31.5 Å². The molecule has 7 heteroatoms. The smallest absolute Gasteiger partial charge is 0.425 e. The molecule has 0 saturated heterocycles. The second kappa shape index (κ2) is 9.17. The van der Waals surface area contributed by atoms with Crippen LogP contribution in [0.5, 0.6) is 0 Å². The summed E-state index contributed by atoms with van der Waals surface area (Å²) in [5.74, 6) is -4.42. The van der Waals surface area contributed by atoms with Gasteiger partial charge >= 0.3 is 12.1 Å². The van der Waals surface area contributed by atoms with Crippen LogP contribution in [0.3, 0.4) is 0 Å². The Bertz CT molecular complexity index is 813. The van der Waals surface area contributed by atoms with Gasteiger partial charge in [0.25, 0.3) is 0 Å². The van der Waals surface area contributed by atoms with Crippen LogP contribution in [0.2, 0.25) is 0 Å². The number of ether oxygens (including phenoxy) is 1. The van der Waals surface area contributed by atoms with E-state index in [1.807, 2.05) is 12.1 Å². The van der Waals surface area contributed by atoms with E-state index in [0.717, 1.165) is 43.4 Å². The van der Waals surface area contributed by atoms with Crippen LogP contribution in [0.4, 0.5) is 22.0 Å². The molecule has 0 bridgehead atoms. The number of carbonyl (C=O) groups excluding carboxylic acids is 1. The molecule has 0 heterocycles. The van der Waals surface area contributed by atoms with E-state index in [-0.39, 0.29) is 5.56 Å². The van der Waals surface area contributed by atoms with Crippen molar-refractivity contribution in [3.8, 4) is 11.1 Å². The van der Waals surface area contributed by atoms with Crippen LogP contribution in [0.15, 0.2) is 36.4 Å². The summed E-state index contributed by atoms with van der Waals surface area (Å²) in [6, 6.07) is 8.99. The van der Waals surface area contributed by atoms with Crippen molar-refractivity contribution in [2.45, 2.75) is 51.8 Å². The minimum absolute atomic E-state index is 0.0852. The summed E-state index contributed by atoms with van der Waals surface area (Å²) in [7, 11) is 0. The average Bonchev–Trinajstić information content (AvgIpc) is 2.64. The molecular formula is C21H21F5O2. The van der Waals surface area contributed by atoms with E-state index in [9.17, 15) is 26.7 Å². The molecule has 0 spiro atoms. The number of alkyl halides is 3. The lowest BCUT2D eigenvalue weighted by Crippen LogP contribution is -2.31. The largest absolute Gasteiger partial charge is 0.449 e. The summed E-state index contributed by atoms with van der Waals surface area (Å²) in [6.45, 7) is 2.71. The van der Waals surface area contributed by atoms with Crippen LogP contribution in [-0.4, -0.2) is 18.2 Å². The van der Waals surface area contributed by atoms with Gasteiger partial charge in [-0.1, -0.05) is 50.1 Å². The summed E-state index contributed by atoms with van der Waals surface area (Å²) in [5.41, 5.74) is 0.505. The fourth-order valence-electron chi connectivity index (χ4n) is 2.65. The van der Waals surface area contributed by atoms with E-state index >= 15 is 0 Å². The number of halogens is 5. The Morgan fingerprint density at radius 3 is 2.21 bits per heavy atom. The highest BCUT2D eigenvalue weighted by Gasteiger charge is 2.39. The number of carbonyl (C=O) groups is 1. The van der Waals surface area contributed by atoms with E-state index in [0.29, 0.717) is 12.5 Å². The third-order valence-electron chi connectivity index (χ3n) is 4.38. The SMILES string of the molecule is CCCCCc1ccc(-c2ccc(C(=O)OC(C)C(F)(F)F)c(F)c2F)cc1. The zero-order chi connectivity index (χ0) is 20.9. The van der Waals surface area contributed by atoms with Gasteiger partial charge in [0.15, 0.2) is 17.7 Å². The molecule has 28 heavy (non-hydrogen) atoms. The second-order valence-corrected chi connectivity index (χ2v) is 6.53. The third-order valence-corrected chi connectivity index (χ3v) is 4.38. The van der Waals surface area contributed by atoms with E-state index in [4.69, 9.17) is 0 Å². The molecule has 2 nitrogen and oxygen atoms in total. The summed E-state index contributed by atoms with van der Waals surface area (Å²) in [4.78, 5) is 11.8. The summed E-state index contributed by atoms with van der Waals surface area (Å²) in [5, 5.41) is 0. The van der Waals surface area contributed by atoms with Crippen LogP contribution < -0.4 is 0 Å². The maximum atomic E-state index is 14.4. The van der Waals surface area contributed by atoms with Crippen molar-refractivity contribution >= 4 is 5.97 Å². The van der Waals surface area contributed by atoms with Gasteiger partial charge in [0.05, 0.1) is 5.56 Å². The molecule has 2 aromatic rings. The van der Waals surface area contributed by atoms with E-state index in [1.165, 1.54) is 0 Å². The highest BCUT2D eigenvalue weighted by Crippen LogP contribution is 2.29. The van der Waals surface area contributed by atoms with Gasteiger partial charge in [-0.3, -0.25) is 0 Å². The Kier molecular flexibility index (Phi) is 7.16. The minimum atomic E-state index is -4.79. The number of aryl methyl sites for hydroxylation is 1. The fraction of sp³-hybridized carbons (Fsp3) is 0.381. The number of rotatable bonds is 7. The molecule has 0 aliphatic carbocycles. The Hall–Kier alpha value is -2.44. The second-order valence-electron chi connectivity index (χ2n) is 6.53. The van der Waals surface area contributed by atoms with Crippen molar-refractivity contribution in [1.29, 1.82) is 0 Å². The van der Waals surface area contributed by atoms with Gasteiger partial charge in [0, 0.05) is 5.56 Å². The number of hydrogen-bond acceptors (Lipinski definition) is 2. The molecular weight excluding hydrogens is 379 g/mol. The molecule has 0 aliphatic rings. The molecule has 0 fully saturated rings. The molecule has 0 saturated carbocycles. The molecule has 0 aromatic heterocycles. The quantitative estimate of drug-likeness (QED) is 0.302.